The molecule has 0 unspecified atom stereocenters. The average Bonchev–Trinajstić information content (AvgIpc) is 2.71. The van der Waals surface area contributed by atoms with E-state index in [4.69, 9.17) is 19.5 Å². The van der Waals surface area contributed by atoms with Gasteiger partial charge in [-0.3, -0.25) is 4.79 Å². The van der Waals surface area contributed by atoms with Crippen LogP contribution in [-0.4, -0.2) is 38.2 Å². The molecule has 0 radical (unpaired) electrons. The molecule has 1 fully saturated rings. The van der Waals surface area contributed by atoms with E-state index in [1.807, 2.05) is 6.07 Å². The summed E-state index contributed by atoms with van der Waals surface area (Å²) in [5, 5.41) is 11.5. The van der Waals surface area contributed by atoms with Gasteiger partial charge in [-0.15, -0.1) is 0 Å². The number of benzene rings is 1. The third kappa shape index (κ3) is 6.62. The number of nitrogens with zero attached hydrogens (tertiary/aromatic N) is 1. The highest BCUT2D eigenvalue weighted by atomic mass is 16.5. The van der Waals surface area contributed by atoms with Crippen LogP contribution in [0.1, 0.15) is 38.2 Å². The van der Waals surface area contributed by atoms with Gasteiger partial charge in [-0.2, -0.15) is 5.26 Å². The van der Waals surface area contributed by atoms with Crippen LogP contribution in [0.15, 0.2) is 24.3 Å². The van der Waals surface area contributed by atoms with Crippen molar-refractivity contribution in [3.63, 3.8) is 0 Å². The number of ether oxygens (including phenoxy) is 3. The topological polar surface area (TPSA) is 97.7 Å². The van der Waals surface area contributed by atoms with Crippen molar-refractivity contribution in [3.8, 4) is 17.6 Å². The van der Waals surface area contributed by atoms with Gasteiger partial charge in [0.2, 0.25) is 0 Å². The third-order valence-electron chi connectivity index (χ3n) is 4.70. The van der Waals surface area contributed by atoms with E-state index < -0.39 is 5.97 Å². The number of nitrogens with one attached hydrogen (secondary N) is 1. The Labute approximate surface area is 165 Å². The molecular formula is C21H26N2O5. The summed E-state index contributed by atoms with van der Waals surface area (Å²) in [6.07, 6.45) is 7.19. The SMILES string of the molecule is COc1cc(/C=C/C(=O)OCC(=O)N[C@H]2CCCC[C@@H]2C)ccc1OCC#N. The molecule has 1 saturated carbocycles. The van der Waals surface area contributed by atoms with Crippen LogP contribution in [0.25, 0.3) is 6.08 Å². The molecule has 1 aliphatic rings. The second-order valence-electron chi connectivity index (χ2n) is 6.73. The predicted octanol–water partition coefficient (Wildman–Crippen LogP) is 2.85. The summed E-state index contributed by atoms with van der Waals surface area (Å²) >= 11 is 0. The smallest absolute Gasteiger partial charge is 0.331 e. The fourth-order valence-electron chi connectivity index (χ4n) is 3.15. The van der Waals surface area contributed by atoms with Gasteiger partial charge in [-0.1, -0.05) is 25.8 Å². The number of methoxy groups -OCH3 is 1. The summed E-state index contributed by atoms with van der Waals surface area (Å²) in [4.78, 5) is 23.8. The van der Waals surface area contributed by atoms with Gasteiger partial charge in [0, 0.05) is 12.1 Å². The van der Waals surface area contributed by atoms with Crippen LogP contribution in [-0.2, 0) is 14.3 Å². The van der Waals surface area contributed by atoms with Crippen molar-refractivity contribution in [1.29, 1.82) is 5.26 Å². The highest BCUT2D eigenvalue weighted by molar-refractivity contribution is 5.89. The molecule has 0 aliphatic heterocycles. The molecule has 7 heteroatoms. The summed E-state index contributed by atoms with van der Waals surface area (Å²) in [7, 11) is 1.49. The molecule has 28 heavy (non-hydrogen) atoms. The van der Waals surface area contributed by atoms with Gasteiger partial charge >= 0.3 is 5.97 Å². The number of carbonyl (C=O) groups is 2. The Kier molecular flexibility index (Phi) is 8.35. The fourth-order valence-corrected chi connectivity index (χ4v) is 3.15. The van der Waals surface area contributed by atoms with E-state index in [-0.39, 0.29) is 25.2 Å². The number of hydrogen-bond acceptors (Lipinski definition) is 6. The molecule has 2 atom stereocenters. The first-order valence-electron chi connectivity index (χ1n) is 9.35. The maximum Gasteiger partial charge on any atom is 0.331 e. The Bertz CT molecular complexity index is 754. The van der Waals surface area contributed by atoms with Crippen LogP contribution in [0.5, 0.6) is 11.5 Å². The van der Waals surface area contributed by atoms with Crippen molar-refractivity contribution >= 4 is 18.0 Å². The number of esters is 1. The van der Waals surface area contributed by atoms with Gasteiger partial charge in [0.25, 0.3) is 5.91 Å². The summed E-state index contributed by atoms with van der Waals surface area (Å²) < 4.78 is 15.5. The van der Waals surface area contributed by atoms with Crippen molar-refractivity contribution in [2.75, 3.05) is 20.3 Å². The van der Waals surface area contributed by atoms with E-state index in [1.54, 1.807) is 24.3 Å². The van der Waals surface area contributed by atoms with Crippen molar-refractivity contribution in [3.05, 3.63) is 29.8 Å². The van der Waals surface area contributed by atoms with Gasteiger partial charge < -0.3 is 19.5 Å². The van der Waals surface area contributed by atoms with Gasteiger partial charge in [0.05, 0.1) is 7.11 Å². The molecule has 1 amide bonds. The third-order valence-corrected chi connectivity index (χ3v) is 4.70. The number of carbonyl (C=O) groups excluding carboxylic acids is 2. The van der Waals surface area contributed by atoms with E-state index in [9.17, 15) is 9.59 Å². The normalized spacial score (nSPS) is 18.9. The maximum absolute atomic E-state index is 12.0. The number of hydrogen-bond donors (Lipinski definition) is 1. The lowest BCUT2D eigenvalue weighted by molar-refractivity contribution is -0.144. The van der Waals surface area contributed by atoms with E-state index in [2.05, 4.69) is 12.2 Å². The molecule has 1 aromatic rings. The molecule has 1 N–H and O–H groups in total. The quantitative estimate of drug-likeness (QED) is 0.545. The average molecular weight is 386 g/mol. The molecule has 7 nitrogen and oxygen atoms in total. The molecular weight excluding hydrogens is 360 g/mol. The molecule has 1 aliphatic carbocycles. The highest BCUT2D eigenvalue weighted by Crippen LogP contribution is 2.28. The summed E-state index contributed by atoms with van der Waals surface area (Å²) in [5.41, 5.74) is 0.693. The lowest BCUT2D eigenvalue weighted by Gasteiger charge is -2.29. The molecule has 0 heterocycles. The Hall–Kier alpha value is -3.01. The van der Waals surface area contributed by atoms with Crippen LogP contribution >= 0.6 is 0 Å². The van der Waals surface area contributed by atoms with Gasteiger partial charge in [0.15, 0.2) is 24.7 Å². The zero-order chi connectivity index (χ0) is 20.4. The van der Waals surface area contributed by atoms with Crippen LogP contribution in [0.3, 0.4) is 0 Å². The Morgan fingerprint density at radius 1 is 1.29 bits per heavy atom. The standard InChI is InChI=1S/C21H26N2O5/c1-15-5-3-4-6-17(15)23-20(24)14-28-21(25)10-8-16-7-9-18(27-12-11-22)19(13-16)26-2/h7-10,13,15,17H,3-6,12,14H2,1-2H3,(H,23,24)/b10-8+/t15-,17-/m0/s1. The second kappa shape index (κ2) is 11.0. The summed E-state index contributed by atoms with van der Waals surface area (Å²) in [5.74, 6) is 0.462. The van der Waals surface area contributed by atoms with Crippen molar-refractivity contribution in [1.82, 2.24) is 5.32 Å². The van der Waals surface area contributed by atoms with Crippen LogP contribution in [0, 0.1) is 17.2 Å². The van der Waals surface area contributed by atoms with E-state index >= 15 is 0 Å². The predicted molar refractivity (Wildman–Crippen MR) is 104 cm³/mol. The first-order chi connectivity index (χ1) is 13.5. The summed E-state index contributed by atoms with van der Waals surface area (Å²) in [6.45, 7) is 1.75. The Morgan fingerprint density at radius 2 is 2.07 bits per heavy atom. The lowest BCUT2D eigenvalue weighted by atomic mass is 9.86. The second-order valence-corrected chi connectivity index (χ2v) is 6.73. The molecule has 0 aromatic heterocycles. The Balaban J connectivity index is 1.82. The van der Waals surface area contributed by atoms with Gasteiger partial charge in [-0.05, 0) is 42.5 Å². The number of amides is 1. The Morgan fingerprint density at radius 3 is 2.79 bits per heavy atom. The first kappa shape index (κ1) is 21.3. The molecule has 150 valence electrons. The van der Waals surface area contributed by atoms with Crippen molar-refractivity contribution in [2.45, 2.75) is 38.6 Å². The minimum absolute atomic E-state index is 0.0838. The molecule has 1 aromatic carbocycles. The summed E-state index contributed by atoms with van der Waals surface area (Å²) in [6, 6.07) is 7.09. The largest absolute Gasteiger partial charge is 0.493 e. The van der Waals surface area contributed by atoms with Crippen LogP contribution in [0.4, 0.5) is 0 Å². The maximum atomic E-state index is 12.0. The fraction of sp³-hybridized carbons (Fsp3) is 0.476. The zero-order valence-corrected chi connectivity index (χ0v) is 16.3. The number of rotatable bonds is 8. The van der Waals surface area contributed by atoms with Gasteiger partial charge in [-0.25, -0.2) is 4.79 Å². The molecule has 0 saturated heterocycles. The van der Waals surface area contributed by atoms with Crippen LogP contribution < -0.4 is 14.8 Å². The molecule has 0 spiro atoms. The molecule has 2 rings (SSSR count). The van der Waals surface area contributed by atoms with E-state index in [0.717, 1.165) is 19.3 Å². The minimum atomic E-state index is -0.601. The zero-order valence-electron chi connectivity index (χ0n) is 16.3. The van der Waals surface area contributed by atoms with E-state index in [1.165, 1.54) is 19.6 Å². The number of nitriles is 1. The lowest BCUT2D eigenvalue weighted by Crippen LogP contribution is -2.42. The van der Waals surface area contributed by atoms with Crippen LogP contribution in [0.2, 0.25) is 0 Å². The molecule has 0 bridgehead atoms. The van der Waals surface area contributed by atoms with E-state index in [0.29, 0.717) is 23.0 Å². The highest BCUT2D eigenvalue weighted by Gasteiger charge is 2.22. The minimum Gasteiger partial charge on any atom is -0.493 e. The van der Waals surface area contributed by atoms with Crippen molar-refractivity contribution in [2.24, 2.45) is 5.92 Å². The monoisotopic (exact) mass is 386 g/mol. The van der Waals surface area contributed by atoms with Crippen molar-refractivity contribution < 1.29 is 23.8 Å². The van der Waals surface area contributed by atoms with Gasteiger partial charge in [0.1, 0.15) is 6.07 Å². The first-order valence-corrected chi connectivity index (χ1v) is 9.35.